The van der Waals surface area contributed by atoms with Crippen LogP contribution in [0.4, 0.5) is 20.6 Å². The minimum Gasteiger partial charge on any atom is -0.449 e. The van der Waals surface area contributed by atoms with E-state index in [9.17, 15) is 9.18 Å². The van der Waals surface area contributed by atoms with Crippen LogP contribution >= 0.6 is 0 Å². The van der Waals surface area contributed by atoms with Crippen LogP contribution in [0.25, 0.3) is 0 Å². The monoisotopic (exact) mass is 330 g/mol. The van der Waals surface area contributed by atoms with Gasteiger partial charge >= 0.3 is 6.09 Å². The molecule has 0 fully saturated rings. The van der Waals surface area contributed by atoms with Crippen molar-refractivity contribution in [3.63, 3.8) is 0 Å². The molecule has 1 N–H and O–H groups in total. The number of hydrogen-bond acceptors (Lipinski definition) is 3. The lowest BCUT2D eigenvalue weighted by atomic mass is 10.1. The second-order valence-corrected chi connectivity index (χ2v) is 5.65. The van der Waals surface area contributed by atoms with Crippen LogP contribution in [0.5, 0.6) is 0 Å². The first kappa shape index (κ1) is 17.8. The van der Waals surface area contributed by atoms with Crippen molar-refractivity contribution in [1.29, 1.82) is 0 Å². The smallest absolute Gasteiger partial charge is 0.414 e. The highest BCUT2D eigenvalue weighted by atomic mass is 19.1. The fourth-order valence-corrected chi connectivity index (χ4v) is 2.33. The Morgan fingerprint density at radius 1 is 1.21 bits per heavy atom. The van der Waals surface area contributed by atoms with Crippen molar-refractivity contribution in [2.45, 2.75) is 26.8 Å². The maximum Gasteiger partial charge on any atom is 0.414 e. The van der Waals surface area contributed by atoms with Crippen LogP contribution in [-0.2, 0) is 11.3 Å². The van der Waals surface area contributed by atoms with Crippen molar-refractivity contribution in [1.82, 2.24) is 0 Å². The quantitative estimate of drug-likeness (QED) is 0.832. The van der Waals surface area contributed by atoms with Gasteiger partial charge in [0.2, 0.25) is 0 Å². The Balaban J connectivity index is 2.00. The Morgan fingerprint density at radius 2 is 1.92 bits per heavy atom. The molecule has 0 aliphatic heterocycles. The molecule has 4 nitrogen and oxygen atoms in total. The lowest BCUT2D eigenvalue weighted by molar-refractivity contribution is 0.155. The van der Waals surface area contributed by atoms with Gasteiger partial charge in [-0.25, -0.2) is 9.18 Å². The molecule has 0 aliphatic rings. The van der Waals surface area contributed by atoms with Gasteiger partial charge in [0.25, 0.3) is 0 Å². The van der Waals surface area contributed by atoms with E-state index in [1.165, 1.54) is 17.0 Å². The van der Waals surface area contributed by atoms with E-state index in [0.717, 1.165) is 28.9 Å². The summed E-state index contributed by atoms with van der Waals surface area (Å²) in [7, 11) is 1.70. The number of anilines is 2. The number of benzene rings is 2. The zero-order valence-electron chi connectivity index (χ0n) is 14.3. The normalized spacial score (nSPS) is 10.3. The van der Waals surface area contributed by atoms with Crippen LogP contribution in [0.2, 0.25) is 0 Å². The highest BCUT2D eigenvalue weighted by Crippen LogP contribution is 2.23. The number of aryl methyl sites for hydroxylation is 1. The Labute approximate surface area is 142 Å². The third kappa shape index (κ3) is 4.72. The standard InChI is InChI=1S/C19H23FN2O2/c1-4-11-24-19(23)22(3)18-10-9-17(12-14(18)2)21-13-15-5-7-16(20)8-6-15/h5-10,12,21H,4,11,13H2,1-3H3. The van der Waals surface area contributed by atoms with Crippen molar-refractivity contribution < 1.29 is 13.9 Å². The Kier molecular flexibility index (Phi) is 6.18. The highest BCUT2D eigenvalue weighted by molar-refractivity contribution is 5.88. The summed E-state index contributed by atoms with van der Waals surface area (Å²) in [6.07, 6.45) is 0.442. The van der Waals surface area contributed by atoms with E-state index >= 15 is 0 Å². The molecule has 128 valence electrons. The predicted molar refractivity (Wildman–Crippen MR) is 94.9 cm³/mol. The molecule has 0 bridgehead atoms. The van der Waals surface area contributed by atoms with Gasteiger partial charge in [-0.15, -0.1) is 0 Å². The zero-order valence-corrected chi connectivity index (χ0v) is 14.3. The highest BCUT2D eigenvalue weighted by Gasteiger charge is 2.14. The summed E-state index contributed by atoms with van der Waals surface area (Å²) in [6.45, 7) is 4.93. The number of nitrogens with zero attached hydrogens (tertiary/aromatic N) is 1. The van der Waals surface area contributed by atoms with E-state index in [0.29, 0.717) is 13.2 Å². The van der Waals surface area contributed by atoms with Crippen LogP contribution in [0, 0.1) is 12.7 Å². The van der Waals surface area contributed by atoms with Gasteiger partial charge in [-0.05, 0) is 54.8 Å². The number of nitrogens with one attached hydrogen (secondary N) is 1. The zero-order chi connectivity index (χ0) is 17.5. The summed E-state index contributed by atoms with van der Waals surface area (Å²) in [5.41, 5.74) is 3.72. The third-order valence-electron chi connectivity index (χ3n) is 3.67. The van der Waals surface area contributed by atoms with E-state index in [1.807, 2.05) is 32.0 Å². The van der Waals surface area contributed by atoms with Gasteiger partial charge in [-0.3, -0.25) is 4.90 Å². The molecular formula is C19H23FN2O2. The minimum absolute atomic E-state index is 0.239. The molecule has 0 unspecified atom stereocenters. The lowest BCUT2D eigenvalue weighted by Gasteiger charge is -2.20. The van der Waals surface area contributed by atoms with Gasteiger partial charge in [0.05, 0.1) is 6.61 Å². The summed E-state index contributed by atoms with van der Waals surface area (Å²) in [6, 6.07) is 12.2. The van der Waals surface area contributed by atoms with E-state index in [1.54, 1.807) is 19.2 Å². The van der Waals surface area contributed by atoms with Crippen molar-refractivity contribution >= 4 is 17.5 Å². The molecule has 0 aliphatic carbocycles. The number of amides is 1. The number of carbonyl (C=O) groups excluding carboxylic acids is 1. The van der Waals surface area contributed by atoms with Crippen LogP contribution in [0.15, 0.2) is 42.5 Å². The van der Waals surface area contributed by atoms with Crippen LogP contribution in [0.1, 0.15) is 24.5 Å². The van der Waals surface area contributed by atoms with E-state index in [4.69, 9.17) is 4.74 Å². The Hall–Kier alpha value is -2.56. The Morgan fingerprint density at radius 3 is 2.54 bits per heavy atom. The fourth-order valence-electron chi connectivity index (χ4n) is 2.33. The first-order chi connectivity index (χ1) is 11.5. The van der Waals surface area contributed by atoms with Gasteiger partial charge in [0.15, 0.2) is 0 Å². The first-order valence-electron chi connectivity index (χ1n) is 8.00. The molecule has 0 saturated carbocycles. The maximum atomic E-state index is 12.9. The molecule has 0 spiro atoms. The molecule has 0 atom stereocenters. The van der Waals surface area contributed by atoms with E-state index in [2.05, 4.69) is 5.32 Å². The van der Waals surface area contributed by atoms with Crippen molar-refractivity contribution in [3.8, 4) is 0 Å². The molecular weight excluding hydrogens is 307 g/mol. The predicted octanol–water partition coefficient (Wildman–Crippen LogP) is 4.73. The summed E-state index contributed by atoms with van der Waals surface area (Å²) < 4.78 is 18.1. The maximum absolute atomic E-state index is 12.9. The summed E-state index contributed by atoms with van der Waals surface area (Å²) in [5.74, 6) is -0.239. The number of carbonyl (C=O) groups is 1. The molecule has 0 saturated heterocycles. The van der Waals surface area contributed by atoms with Crippen molar-refractivity contribution in [3.05, 3.63) is 59.4 Å². The SMILES string of the molecule is CCCOC(=O)N(C)c1ccc(NCc2ccc(F)cc2)cc1C. The van der Waals surface area contributed by atoms with Gasteiger partial charge in [-0.2, -0.15) is 0 Å². The molecule has 2 aromatic carbocycles. The second-order valence-electron chi connectivity index (χ2n) is 5.65. The number of rotatable bonds is 6. The van der Waals surface area contributed by atoms with Crippen LogP contribution in [0.3, 0.4) is 0 Å². The summed E-state index contributed by atoms with van der Waals surface area (Å²) in [4.78, 5) is 13.4. The van der Waals surface area contributed by atoms with Gasteiger partial charge in [0.1, 0.15) is 5.82 Å². The lowest BCUT2D eigenvalue weighted by Crippen LogP contribution is -2.27. The largest absolute Gasteiger partial charge is 0.449 e. The molecule has 1 amide bonds. The summed E-state index contributed by atoms with van der Waals surface area (Å²) >= 11 is 0. The summed E-state index contributed by atoms with van der Waals surface area (Å²) in [5, 5.41) is 3.29. The van der Waals surface area contributed by atoms with Gasteiger partial charge < -0.3 is 10.1 Å². The fraction of sp³-hybridized carbons (Fsp3) is 0.316. The second kappa shape index (κ2) is 8.34. The molecule has 0 aromatic heterocycles. The topological polar surface area (TPSA) is 41.6 Å². The number of hydrogen-bond donors (Lipinski definition) is 1. The number of ether oxygens (including phenoxy) is 1. The first-order valence-corrected chi connectivity index (χ1v) is 8.00. The average molecular weight is 330 g/mol. The average Bonchev–Trinajstić information content (AvgIpc) is 2.58. The van der Waals surface area contributed by atoms with Crippen molar-refractivity contribution in [2.75, 3.05) is 23.9 Å². The molecule has 24 heavy (non-hydrogen) atoms. The van der Waals surface area contributed by atoms with Gasteiger partial charge in [0, 0.05) is 25.0 Å². The molecule has 0 heterocycles. The van der Waals surface area contributed by atoms with Crippen molar-refractivity contribution in [2.24, 2.45) is 0 Å². The van der Waals surface area contributed by atoms with Gasteiger partial charge in [-0.1, -0.05) is 19.1 Å². The Bertz CT molecular complexity index is 686. The van der Waals surface area contributed by atoms with Crippen LogP contribution < -0.4 is 10.2 Å². The van der Waals surface area contributed by atoms with E-state index < -0.39 is 0 Å². The molecule has 2 aromatic rings. The van der Waals surface area contributed by atoms with Crippen LogP contribution in [-0.4, -0.2) is 19.7 Å². The third-order valence-corrected chi connectivity index (χ3v) is 3.67. The van der Waals surface area contributed by atoms with E-state index in [-0.39, 0.29) is 11.9 Å². The molecule has 0 radical (unpaired) electrons. The molecule has 2 rings (SSSR count). The molecule has 5 heteroatoms. The number of halogens is 1. The minimum atomic E-state index is -0.355.